The summed E-state index contributed by atoms with van der Waals surface area (Å²) < 4.78 is 28.1. The lowest BCUT2D eigenvalue weighted by atomic mass is 9.94. The van der Waals surface area contributed by atoms with Gasteiger partial charge < -0.3 is 0 Å². The first-order valence-electron chi connectivity index (χ1n) is 6.59. The van der Waals surface area contributed by atoms with E-state index in [1.165, 1.54) is 18.2 Å². The van der Waals surface area contributed by atoms with Gasteiger partial charge in [-0.25, -0.2) is 8.78 Å². The molecule has 0 saturated carbocycles. The quantitative estimate of drug-likeness (QED) is 0.662. The Morgan fingerprint density at radius 1 is 1.19 bits per heavy atom. The summed E-state index contributed by atoms with van der Waals surface area (Å²) in [6.45, 7) is 3.62. The van der Waals surface area contributed by atoms with E-state index < -0.39 is 11.9 Å². The maximum absolute atomic E-state index is 14.2. The third kappa shape index (κ3) is 3.40. The standard InChI is InChI=1S/C16H17ClF2N2/c1-9-6-10(2)16(14(19)7-9)15(21-20)8-11-12(17)4-3-5-13(11)18/h3-7,15,21H,8,20H2,1-2H3. The Hall–Kier alpha value is -1.49. The predicted molar refractivity (Wildman–Crippen MR) is 81.1 cm³/mol. The molecular weight excluding hydrogens is 294 g/mol. The van der Waals surface area contributed by atoms with Crippen molar-refractivity contribution in [2.24, 2.45) is 5.84 Å². The number of aryl methyl sites for hydroxylation is 2. The first-order chi connectivity index (χ1) is 9.93. The molecule has 2 aromatic rings. The fourth-order valence-corrected chi connectivity index (χ4v) is 2.78. The third-order valence-electron chi connectivity index (χ3n) is 3.50. The topological polar surface area (TPSA) is 38.0 Å². The van der Waals surface area contributed by atoms with Crippen molar-refractivity contribution in [2.45, 2.75) is 26.3 Å². The van der Waals surface area contributed by atoms with Crippen molar-refractivity contribution in [3.8, 4) is 0 Å². The van der Waals surface area contributed by atoms with Crippen LogP contribution in [0.15, 0.2) is 30.3 Å². The van der Waals surface area contributed by atoms with Crippen LogP contribution >= 0.6 is 11.6 Å². The van der Waals surface area contributed by atoms with Crippen molar-refractivity contribution in [3.05, 3.63) is 69.2 Å². The van der Waals surface area contributed by atoms with Gasteiger partial charge in [0.1, 0.15) is 11.6 Å². The summed E-state index contributed by atoms with van der Waals surface area (Å²) in [6, 6.07) is 7.21. The molecule has 0 spiro atoms. The molecule has 21 heavy (non-hydrogen) atoms. The average molecular weight is 311 g/mol. The van der Waals surface area contributed by atoms with Crippen molar-refractivity contribution < 1.29 is 8.78 Å². The van der Waals surface area contributed by atoms with Crippen LogP contribution in [-0.4, -0.2) is 0 Å². The van der Waals surface area contributed by atoms with Gasteiger partial charge >= 0.3 is 0 Å². The molecule has 0 fully saturated rings. The highest BCUT2D eigenvalue weighted by Crippen LogP contribution is 2.29. The van der Waals surface area contributed by atoms with Gasteiger partial charge in [-0.1, -0.05) is 23.7 Å². The Bertz CT molecular complexity index is 615. The molecule has 3 N–H and O–H groups in total. The van der Waals surface area contributed by atoms with E-state index in [2.05, 4.69) is 5.43 Å². The highest BCUT2D eigenvalue weighted by Gasteiger charge is 2.20. The fraction of sp³-hybridized carbons (Fsp3) is 0.250. The van der Waals surface area contributed by atoms with Gasteiger partial charge in [-0.05, 0) is 49.6 Å². The second kappa shape index (κ2) is 6.52. The molecule has 2 aromatic carbocycles. The van der Waals surface area contributed by atoms with E-state index in [0.717, 1.165) is 11.1 Å². The first-order valence-corrected chi connectivity index (χ1v) is 6.97. The maximum Gasteiger partial charge on any atom is 0.128 e. The monoisotopic (exact) mass is 310 g/mol. The zero-order chi connectivity index (χ0) is 15.6. The summed E-state index contributed by atoms with van der Waals surface area (Å²) in [5.74, 6) is 4.76. The van der Waals surface area contributed by atoms with E-state index in [0.29, 0.717) is 16.1 Å². The van der Waals surface area contributed by atoms with Gasteiger partial charge in [-0.15, -0.1) is 0 Å². The zero-order valence-corrected chi connectivity index (χ0v) is 12.6. The van der Waals surface area contributed by atoms with E-state index in [4.69, 9.17) is 17.4 Å². The summed E-state index contributed by atoms with van der Waals surface area (Å²) in [5, 5.41) is 0.306. The first kappa shape index (κ1) is 15.9. The minimum Gasteiger partial charge on any atom is -0.271 e. The van der Waals surface area contributed by atoms with E-state index in [9.17, 15) is 8.78 Å². The Morgan fingerprint density at radius 2 is 1.90 bits per heavy atom. The second-order valence-corrected chi connectivity index (χ2v) is 5.51. The summed E-state index contributed by atoms with van der Waals surface area (Å²) >= 11 is 6.02. The summed E-state index contributed by atoms with van der Waals surface area (Å²) in [4.78, 5) is 0. The van der Waals surface area contributed by atoms with Crippen LogP contribution in [0.5, 0.6) is 0 Å². The minimum absolute atomic E-state index is 0.169. The van der Waals surface area contributed by atoms with Crippen molar-refractivity contribution in [1.29, 1.82) is 0 Å². The average Bonchev–Trinajstić information content (AvgIpc) is 2.39. The van der Waals surface area contributed by atoms with Gasteiger partial charge in [0.15, 0.2) is 0 Å². The third-order valence-corrected chi connectivity index (χ3v) is 3.85. The summed E-state index contributed by atoms with van der Waals surface area (Å²) in [7, 11) is 0. The van der Waals surface area contributed by atoms with E-state index >= 15 is 0 Å². The predicted octanol–water partition coefficient (Wildman–Crippen LogP) is 3.98. The molecule has 0 bridgehead atoms. The smallest absolute Gasteiger partial charge is 0.128 e. The maximum atomic E-state index is 14.2. The number of nitrogens with one attached hydrogen (secondary N) is 1. The van der Waals surface area contributed by atoms with Crippen LogP contribution in [0.1, 0.15) is 28.3 Å². The highest BCUT2D eigenvalue weighted by molar-refractivity contribution is 6.31. The summed E-state index contributed by atoms with van der Waals surface area (Å²) in [5.41, 5.74) is 4.90. The lowest BCUT2D eigenvalue weighted by Gasteiger charge is -2.20. The van der Waals surface area contributed by atoms with Crippen LogP contribution < -0.4 is 11.3 Å². The molecule has 0 amide bonds. The molecule has 0 radical (unpaired) electrons. The molecule has 0 saturated heterocycles. The number of rotatable bonds is 4. The van der Waals surface area contributed by atoms with E-state index in [1.807, 2.05) is 13.0 Å². The molecular formula is C16H17ClF2N2. The van der Waals surface area contributed by atoms with Gasteiger partial charge in [-0.2, -0.15) is 0 Å². The number of nitrogens with two attached hydrogens (primary N) is 1. The zero-order valence-electron chi connectivity index (χ0n) is 11.9. The molecule has 1 atom stereocenters. The Balaban J connectivity index is 2.42. The summed E-state index contributed by atoms with van der Waals surface area (Å²) in [6.07, 6.45) is 0.169. The van der Waals surface area contributed by atoms with Gasteiger partial charge in [0.05, 0.1) is 6.04 Å². The molecule has 0 aliphatic heterocycles. The van der Waals surface area contributed by atoms with Crippen LogP contribution in [-0.2, 0) is 6.42 Å². The Kier molecular flexibility index (Phi) is 4.93. The molecule has 5 heteroatoms. The number of hydrogen-bond acceptors (Lipinski definition) is 2. The molecule has 2 nitrogen and oxygen atoms in total. The van der Waals surface area contributed by atoms with Gasteiger partial charge in [0.2, 0.25) is 0 Å². The molecule has 0 aliphatic rings. The SMILES string of the molecule is Cc1cc(C)c(C(Cc2c(F)cccc2Cl)NN)c(F)c1. The molecule has 0 aliphatic carbocycles. The normalized spacial score (nSPS) is 12.5. The molecule has 2 rings (SSSR count). The van der Waals surface area contributed by atoms with E-state index in [-0.39, 0.29) is 12.2 Å². The highest BCUT2D eigenvalue weighted by atomic mass is 35.5. The Morgan fingerprint density at radius 3 is 2.48 bits per heavy atom. The van der Waals surface area contributed by atoms with Gasteiger partial charge in [-0.3, -0.25) is 11.3 Å². The van der Waals surface area contributed by atoms with Crippen LogP contribution in [0.4, 0.5) is 8.78 Å². The lowest BCUT2D eigenvalue weighted by molar-refractivity contribution is 0.496. The fourth-order valence-electron chi connectivity index (χ4n) is 2.54. The number of hydrogen-bond donors (Lipinski definition) is 2. The van der Waals surface area contributed by atoms with Crippen LogP contribution in [0.25, 0.3) is 0 Å². The molecule has 0 heterocycles. The van der Waals surface area contributed by atoms with E-state index in [1.54, 1.807) is 13.0 Å². The second-order valence-electron chi connectivity index (χ2n) is 5.10. The van der Waals surface area contributed by atoms with Crippen molar-refractivity contribution in [2.75, 3.05) is 0 Å². The molecule has 1 unspecified atom stereocenters. The van der Waals surface area contributed by atoms with Crippen molar-refractivity contribution >= 4 is 11.6 Å². The number of benzene rings is 2. The molecule has 112 valence electrons. The number of halogens is 3. The van der Waals surface area contributed by atoms with Crippen LogP contribution in [0.2, 0.25) is 5.02 Å². The molecule has 0 aromatic heterocycles. The van der Waals surface area contributed by atoms with Crippen molar-refractivity contribution in [3.63, 3.8) is 0 Å². The Labute approximate surface area is 127 Å². The van der Waals surface area contributed by atoms with Gasteiger partial charge in [0.25, 0.3) is 0 Å². The van der Waals surface area contributed by atoms with Crippen molar-refractivity contribution in [1.82, 2.24) is 5.43 Å². The lowest BCUT2D eigenvalue weighted by Crippen LogP contribution is -2.31. The minimum atomic E-state index is -0.556. The number of hydrazine groups is 1. The van der Waals surface area contributed by atoms with Gasteiger partial charge in [0, 0.05) is 16.1 Å². The van der Waals surface area contributed by atoms with Crippen LogP contribution in [0, 0.1) is 25.5 Å². The van der Waals surface area contributed by atoms with Crippen LogP contribution in [0.3, 0.4) is 0 Å². The largest absolute Gasteiger partial charge is 0.271 e.